The Bertz CT molecular complexity index is 737. The molecule has 5 nitrogen and oxygen atoms in total. The van der Waals surface area contributed by atoms with Gasteiger partial charge in [-0.15, -0.1) is 11.3 Å². The van der Waals surface area contributed by atoms with E-state index in [1.54, 1.807) is 4.90 Å². The number of carbonyl (C=O) groups is 1. The molecule has 7 heteroatoms. The molecule has 3 rings (SSSR count). The molecule has 2 heterocycles. The molecule has 2 amide bonds. The van der Waals surface area contributed by atoms with Crippen LogP contribution in [-0.2, 0) is 0 Å². The highest BCUT2D eigenvalue weighted by Gasteiger charge is 2.25. The molecule has 0 saturated heterocycles. The summed E-state index contributed by atoms with van der Waals surface area (Å²) < 4.78 is 12.4. The zero-order valence-electron chi connectivity index (χ0n) is 14.2. The van der Waals surface area contributed by atoms with Crippen LogP contribution in [0.4, 0.5) is 4.79 Å². The van der Waals surface area contributed by atoms with E-state index < -0.39 is 0 Å². The Hall–Kier alpha value is -1.92. The molecule has 0 fully saturated rings. The third kappa shape index (κ3) is 4.38. The summed E-state index contributed by atoms with van der Waals surface area (Å²) in [4.78, 5) is 15.3. The van der Waals surface area contributed by atoms with Crippen LogP contribution in [-0.4, -0.2) is 36.7 Å². The Balaban J connectivity index is 1.58. The largest absolute Gasteiger partial charge is 0.486 e. The van der Waals surface area contributed by atoms with Crippen molar-refractivity contribution >= 4 is 29.0 Å². The molecular formula is C18H21ClN2O3S. The van der Waals surface area contributed by atoms with Crippen molar-refractivity contribution in [3.8, 4) is 11.5 Å². The van der Waals surface area contributed by atoms with Gasteiger partial charge >= 0.3 is 6.03 Å². The number of hydrogen-bond acceptors (Lipinski definition) is 4. The first-order valence-corrected chi connectivity index (χ1v) is 9.45. The zero-order valence-corrected chi connectivity index (χ0v) is 15.8. The van der Waals surface area contributed by atoms with Crippen molar-refractivity contribution in [2.75, 3.05) is 19.7 Å². The van der Waals surface area contributed by atoms with Gasteiger partial charge in [0.25, 0.3) is 0 Å². The SMILES string of the molecule is CCN(CC1COc2ccccc2O1)C(=O)NC(C)c1ccc(Cl)s1. The number of ether oxygens (including phenoxy) is 2. The third-order valence-electron chi connectivity index (χ3n) is 4.02. The van der Waals surface area contributed by atoms with Crippen molar-refractivity contribution in [2.45, 2.75) is 26.0 Å². The minimum absolute atomic E-state index is 0.0942. The highest BCUT2D eigenvalue weighted by atomic mass is 35.5. The molecule has 0 aliphatic carbocycles. The number of fused-ring (bicyclic) bond motifs is 1. The first kappa shape index (κ1) is 17.9. The van der Waals surface area contributed by atoms with E-state index in [9.17, 15) is 4.79 Å². The van der Waals surface area contributed by atoms with Crippen molar-refractivity contribution in [3.63, 3.8) is 0 Å². The van der Waals surface area contributed by atoms with Gasteiger partial charge in [0.2, 0.25) is 0 Å². The maximum Gasteiger partial charge on any atom is 0.318 e. The molecule has 2 aromatic rings. The van der Waals surface area contributed by atoms with Crippen LogP contribution in [0.25, 0.3) is 0 Å². The molecule has 1 N–H and O–H groups in total. The summed E-state index contributed by atoms with van der Waals surface area (Å²) in [6.07, 6.45) is -0.188. The summed E-state index contributed by atoms with van der Waals surface area (Å²) in [7, 11) is 0. The van der Waals surface area contributed by atoms with E-state index in [2.05, 4.69) is 5.32 Å². The van der Waals surface area contributed by atoms with Crippen LogP contribution in [0.15, 0.2) is 36.4 Å². The second-order valence-corrected chi connectivity index (χ2v) is 7.60. The molecule has 2 atom stereocenters. The molecule has 1 aliphatic rings. The Labute approximate surface area is 156 Å². The molecule has 1 aromatic carbocycles. The normalized spacial score (nSPS) is 17.0. The summed E-state index contributed by atoms with van der Waals surface area (Å²) in [5, 5.41) is 3.01. The van der Waals surface area contributed by atoms with E-state index >= 15 is 0 Å². The van der Waals surface area contributed by atoms with Crippen molar-refractivity contribution in [3.05, 3.63) is 45.6 Å². The van der Waals surface area contributed by atoms with Crippen LogP contribution < -0.4 is 14.8 Å². The molecule has 134 valence electrons. The number of benzene rings is 1. The van der Waals surface area contributed by atoms with Crippen LogP contribution in [0.1, 0.15) is 24.8 Å². The van der Waals surface area contributed by atoms with E-state index in [-0.39, 0.29) is 18.2 Å². The highest BCUT2D eigenvalue weighted by molar-refractivity contribution is 7.16. The van der Waals surface area contributed by atoms with Gasteiger partial charge < -0.3 is 19.7 Å². The monoisotopic (exact) mass is 380 g/mol. The molecule has 25 heavy (non-hydrogen) atoms. The quantitative estimate of drug-likeness (QED) is 0.839. The smallest absolute Gasteiger partial charge is 0.318 e. The van der Waals surface area contributed by atoms with Gasteiger partial charge in [-0.25, -0.2) is 4.79 Å². The summed E-state index contributed by atoms with van der Waals surface area (Å²) in [5.74, 6) is 1.46. The second-order valence-electron chi connectivity index (χ2n) is 5.85. The lowest BCUT2D eigenvalue weighted by molar-refractivity contribution is 0.0672. The Kier molecular flexibility index (Phi) is 5.71. The number of amides is 2. The van der Waals surface area contributed by atoms with Gasteiger partial charge in [-0.3, -0.25) is 0 Å². The Morgan fingerprint density at radius 1 is 1.36 bits per heavy atom. The average Bonchev–Trinajstić information content (AvgIpc) is 3.06. The maximum absolute atomic E-state index is 12.6. The number of carbonyl (C=O) groups excluding carboxylic acids is 1. The van der Waals surface area contributed by atoms with Gasteiger partial charge in [0.05, 0.1) is 16.9 Å². The highest BCUT2D eigenvalue weighted by Crippen LogP contribution is 2.31. The number of nitrogens with one attached hydrogen (secondary N) is 1. The predicted octanol–water partition coefficient (Wildman–Crippen LogP) is 4.33. The van der Waals surface area contributed by atoms with Gasteiger partial charge in [0.15, 0.2) is 17.6 Å². The van der Waals surface area contributed by atoms with Crippen molar-refractivity contribution in [2.24, 2.45) is 0 Å². The fourth-order valence-electron chi connectivity index (χ4n) is 2.66. The minimum Gasteiger partial charge on any atom is -0.486 e. The summed E-state index contributed by atoms with van der Waals surface area (Å²) in [6.45, 7) is 5.38. The topological polar surface area (TPSA) is 50.8 Å². The summed E-state index contributed by atoms with van der Waals surface area (Å²) in [5.41, 5.74) is 0. The van der Waals surface area contributed by atoms with Gasteiger partial charge in [-0.2, -0.15) is 0 Å². The average molecular weight is 381 g/mol. The first-order valence-electron chi connectivity index (χ1n) is 8.26. The van der Waals surface area contributed by atoms with Crippen LogP contribution >= 0.6 is 22.9 Å². The van der Waals surface area contributed by atoms with Crippen molar-refractivity contribution < 1.29 is 14.3 Å². The van der Waals surface area contributed by atoms with Crippen LogP contribution in [0, 0.1) is 0 Å². The molecule has 0 saturated carbocycles. The fourth-order valence-corrected chi connectivity index (χ4v) is 3.73. The number of para-hydroxylation sites is 2. The molecule has 0 spiro atoms. The predicted molar refractivity (Wildman–Crippen MR) is 99.9 cm³/mol. The van der Waals surface area contributed by atoms with E-state index in [1.165, 1.54) is 11.3 Å². The lowest BCUT2D eigenvalue weighted by Gasteiger charge is -2.31. The number of urea groups is 1. The zero-order chi connectivity index (χ0) is 17.8. The molecule has 0 radical (unpaired) electrons. The van der Waals surface area contributed by atoms with Gasteiger partial charge in [0.1, 0.15) is 6.61 Å². The molecular weight excluding hydrogens is 360 g/mol. The van der Waals surface area contributed by atoms with E-state index in [1.807, 2.05) is 50.2 Å². The number of halogens is 1. The van der Waals surface area contributed by atoms with Gasteiger partial charge in [-0.1, -0.05) is 23.7 Å². The van der Waals surface area contributed by atoms with Gasteiger partial charge in [0, 0.05) is 11.4 Å². The van der Waals surface area contributed by atoms with Crippen LogP contribution in [0.5, 0.6) is 11.5 Å². The van der Waals surface area contributed by atoms with E-state index in [0.29, 0.717) is 19.7 Å². The van der Waals surface area contributed by atoms with Crippen LogP contribution in [0.2, 0.25) is 4.34 Å². The maximum atomic E-state index is 12.6. The number of thiophene rings is 1. The third-order valence-corrected chi connectivity index (χ3v) is 5.44. The number of rotatable bonds is 5. The summed E-state index contributed by atoms with van der Waals surface area (Å²) in [6, 6.07) is 11.1. The molecule has 0 bridgehead atoms. The number of nitrogens with zero attached hydrogens (tertiary/aromatic N) is 1. The Morgan fingerprint density at radius 2 is 2.12 bits per heavy atom. The van der Waals surface area contributed by atoms with E-state index in [4.69, 9.17) is 21.1 Å². The minimum atomic E-state index is -0.188. The lowest BCUT2D eigenvalue weighted by atomic mass is 10.2. The first-order chi connectivity index (χ1) is 12.1. The second kappa shape index (κ2) is 7.97. The van der Waals surface area contributed by atoms with Crippen molar-refractivity contribution in [1.29, 1.82) is 0 Å². The van der Waals surface area contributed by atoms with Crippen LogP contribution in [0.3, 0.4) is 0 Å². The Morgan fingerprint density at radius 3 is 2.80 bits per heavy atom. The number of likely N-dealkylation sites (N-methyl/N-ethyl adjacent to an activating group) is 1. The van der Waals surface area contributed by atoms with Gasteiger partial charge in [-0.05, 0) is 38.1 Å². The fraction of sp³-hybridized carbons (Fsp3) is 0.389. The standard InChI is InChI=1S/C18H21ClN2O3S/c1-3-21(18(22)20-12(2)16-8-9-17(19)25-16)10-13-11-23-14-6-4-5-7-15(14)24-13/h4-9,12-13H,3,10-11H2,1-2H3,(H,20,22). The number of hydrogen-bond donors (Lipinski definition) is 1. The van der Waals surface area contributed by atoms with E-state index in [0.717, 1.165) is 20.7 Å². The lowest BCUT2D eigenvalue weighted by Crippen LogP contribution is -2.47. The van der Waals surface area contributed by atoms with Crippen molar-refractivity contribution in [1.82, 2.24) is 10.2 Å². The molecule has 1 aromatic heterocycles. The summed E-state index contributed by atoms with van der Waals surface area (Å²) >= 11 is 7.44. The molecule has 2 unspecified atom stereocenters. The molecule has 1 aliphatic heterocycles.